The van der Waals surface area contributed by atoms with Crippen LogP contribution in [0.4, 0.5) is 0 Å². The summed E-state index contributed by atoms with van der Waals surface area (Å²) in [6.07, 6.45) is 6.39. The molecule has 0 N–H and O–H groups in total. The minimum Gasteiger partial charge on any atom is -0.344 e. The maximum atomic E-state index is 12.7. The highest BCUT2D eigenvalue weighted by molar-refractivity contribution is 9.09. The van der Waals surface area contributed by atoms with E-state index >= 15 is 0 Å². The normalized spacial score (nSPS) is 20.7. The number of hydrogen-bond acceptors (Lipinski definition) is 4. The average molecular weight is 372 g/mol. The zero-order chi connectivity index (χ0) is 16.6. The topological polar surface area (TPSA) is 54.5 Å². The van der Waals surface area contributed by atoms with Gasteiger partial charge in [-0.2, -0.15) is 0 Å². The number of rotatable bonds is 4. The highest BCUT2D eigenvalue weighted by Crippen LogP contribution is 2.33. The molecule has 1 aliphatic heterocycles. The second-order valence-electron chi connectivity index (χ2n) is 5.41. The number of fused-ring (bicyclic) bond motifs is 1. The second kappa shape index (κ2) is 6.08. The van der Waals surface area contributed by atoms with Gasteiger partial charge in [0.1, 0.15) is 11.0 Å². The van der Waals surface area contributed by atoms with Crippen LogP contribution in [0.15, 0.2) is 65.9 Å². The second-order valence-corrected chi connectivity index (χ2v) is 6.28. The summed E-state index contributed by atoms with van der Waals surface area (Å²) in [6, 6.07) is 8.31. The predicted octanol–water partition coefficient (Wildman–Crippen LogP) is 2.81. The van der Waals surface area contributed by atoms with E-state index in [2.05, 4.69) is 15.9 Å². The Morgan fingerprint density at radius 2 is 1.83 bits per heavy atom. The zero-order valence-corrected chi connectivity index (χ0v) is 14.0. The van der Waals surface area contributed by atoms with Crippen LogP contribution in [-0.2, 0) is 9.59 Å². The number of nitrogens with zero attached hydrogens (tertiary/aromatic N) is 1. The van der Waals surface area contributed by atoms with E-state index in [1.54, 1.807) is 47.5 Å². The fourth-order valence-corrected chi connectivity index (χ4v) is 3.14. The summed E-state index contributed by atoms with van der Waals surface area (Å²) >= 11 is 3.30. The number of benzene rings is 1. The first-order valence-electron chi connectivity index (χ1n) is 7.16. The molecular weight excluding hydrogens is 358 g/mol. The standard InChI is InChI=1S/C18H14BrNO3/c1-11(21)18(19)20-10-9-13-14(7-8-15(22)16(13)20)17(23)12-5-3-2-4-6-12/h2-10,16,18H,1H3. The van der Waals surface area contributed by atoms with Crippen molar-refractivity contribution in [3.05, 3.63) is 71.5 Å². The lowest BCUT2D eigenvalue weighted by atomic mass is 9.88. The van der Waals surface area contributed by atoms with Crippen molar-refractivity contribution in [1.29, 1.82) is 0 Å². The Hall–Kier alpha value is -2.27. The molecule has 4 nitrogen and oxygen atoms in total. The maximum absolute atomic E-state index is 12.7. The highest BCUT2D eigenvalue weighted by Gasteiger charge is 2.38. The van der Waals surface area contributed by atoms with E-state index in [9.17, 15) is 14.4 Å². The molecule has 1 aromatic carbocycles. The molecule has 23 heavy (non-hydrogen) atoms. The van der Waals surface area contributed by atoms with Crippen LogP contribution >= 0.6 is 15.9 Å². The van der Waals surface area contributed by atoms with Gasteiger partial charge in [-0.1, -0.05) is 46.3 Å². The molecule has 2 atom stereocenters. The first-order chi connectivity index (χ1) is 11.0. The molecule has 2 unspecified atom stereocenters. The molecule has 1 aliphatic carbocycles. The Labute approximate surface area is 142 Å². The number of hydrogen-bond donors (Lipinski definition) is 0. The Balaban J connectivity index is 2.01. The quantitative estimate of drug-likeness (QED) is 0.463. The van der Waals surface area contributed by atoms with Crippen LogP contribution in [0.1, 0.15) is 17.3 Å². The molecule has 0 saturated heterocycles. The lowest BCUT2D eigenvalue weighted by molar-refractivity contribution is -0.121. The fourth-order valence-electron chi connectivity index (χ4n) is 2.76. The molecule has 0 fully saturated rings. The van der Waals surface area contributed by atoms with Crippen molar-refractivity contribution in [1.82, 2.24) is 4.90 Å². The SMILES string of the molecule is CC(=O)C(Br)N1C=CC2=C(C(=O)c3ccccc3)C=CC(=O)C21. The molecule has 3 rings (SSSR count). The minimum atomic E-state index is -0.629. The van der Waals surface area contributed by atoms with Gasteiger partial charge in [-0.25, -0.2) is 0 Å². The van der Waals surface area contributed by atoms with Crippen molar-refractivity contribution >= 4 is 33.3 Å². The molecule has 2 aliphatic rings. The number of alkyl halides is 1. The van der Waals surface area contributed by atoms with Gasteiger partial charge in [0.15, 0.2) is 17.3 Å². The van der Waals surface area contributed by atoms with Crippen LogP contribution in [0.25, 0.3) is 0 Å². The first kappa shape index (κ1) is 15.6. The van der Waals surface area contributed by atoms with Crippen LogP contribution in [0, 0.1) is 0 Å². The number of carbonyl (C=O) groups excluding carboxylic acids is 3. The molecule has 0 saturated carbocycles. The van der Waals surface area contributed by atoms with E-state index in [0.29, 0.717) is 16.7 Å². The van der Waals surface area contributed by atoms with Gasteiger partial charge in [-0.05, 0) is 30.7 Å². The number of halogens is 1. The van der Waals surface area contributed by atoms with Crippen LogP contribution in [-0.4, -0.2) is 33.2 Å². The monoisotopic (exact) mass is 371 g/mol. The maximum Gasteiger partial charge on any atom is 0.193 e. The lowest BCUT2D eigenvalue weighted by Gasteiger charge is -2.30. The largest absolute Gasteiger partial charge is 0.344 e. The van der Waals surface area contributed by atoms with Crippen molar-refractivity contribution in [2.75, 3.05) is 0 Å². The van der Waals surface area contributed by atoms with Crippen molar-refractivity contribution < 1.29 is 14.4 Å². The van der Waals surface area contributed by atoms with Crippen LogP contribution in [0.5, 0.6) is 0 Å². The van der Waals surface area contributed by atoms with Crippen LogP contribution in [0.3, 0.4) is 0 Å². The summed E-state index contributed by atoms with van der Waals surface area (Å²) in [6.45, 7) is 1.45. The number of allylic oxidation sites excluding steroid dienone is 2. The fraction of sp³-hybridized carbons (Fsp3) is 0.167. The molecular formula is C18H14BrNO3. The molecule has 0 amide bonds. The summed E-state index contributed by atoms with van der Waals surface area (Å²) in [5.74, 6) is -0.371. The van der Waals surface area contributed by atoms with E-state index in [4.69, 9.17) is 0 Å². The molecule has 0 spiro atoms. The van der Waals surface area contributed by atoms with Crippen LogP contribution in [0.2, 0.25) is 0 Å². The van der Waals surface area contributed by atoms with Crippen molar-refractivity contribution in [2.45, 2.75) is 17.9 Å². The number of ketones is 3. The molecule has 1 heterocycles. The summed E-state index contributed by atoms with van der Waals surface area (Å²) in [5, 5.41) is 0. The third-order valence-electron chi connectivity index (χ3n) is 3.89. The summed E-state index contributed by atoms with van der Waals surface area (Å²) in [7, 11) is 0. The summed E-state index contributed by atoms with van der Waals surface area (Å²) < 4.78 is 0. The average Bonchev–Trinajstić information content (AvgIpc) is 3.00. The molecule has 116 valence electrons. The van der Waals surface area contributed by atoms with E-state index < -0.39 is 11.0 Å². The van der Waals surface area contributed by atoms with Crippen molar-refractivity contribution in [2.24, 2.45) is 0 Å². The van der Waals surface area contributed by atoms with E-state index in [1.165, 1.54) is 13.0 Å². The smallest absolute Gasteiger partial charge is 0.193 e. The van der Waals surface area contributed by atoms with Gasteiger partial charge in [0, 0.05) is 17.3 Å². The molecule has 0 radical (unpaired) electrons. The third kappa shape index (κ3) is 2.72. The van der Waals surface area contributed by atoms with E-state index in [-0.39, 0.29) is 17.3 Å². The van der Waals surface area contributed by atoms with Crippen molar-refractivity contribution in [3.8, 4) is 0 Å². The Kier molecular flexibility index (Phi) is 4.13. The first-order valence-corrected chi connectivity index (χ1v) is 8.08. The Morgan fingerprint density at radius 3 is 2.48 bits per heavy atom. The van der Waals surface area contributed by atoms with E-state index in [1.807, 2.05) is 6.07 Å². The Morgan fingerprint density at radius 1 is 1.13 bits per heavy atom. The van der Waals surface area contributed by atoms with Gasteiger partial charge in [0.2, 0.25) is 0 Å². The van der Waals surface area contributed by atoms with Gasteiger partial charge < -0.3 is 4.90 Å². The number of carbonyl (C=O) groups is 3. The highest BCUT2D eigenvalue weighted by atomic mass is 79.9. The lowest BCUT2D eigenvalue weighted by Crippen LogP contribution is -2.43. The summed E-state index contributed by atoms with van der Waals surface area (Å²) in [5.41, 5.74) is 1.70. The van der Waals surface area contributed by atoms with Gasteiger partial charge in [-0.3, -0.25) is 14.4 Å². The molecule has 0 bridgehead atoms. The molecule has 5 heteroatoms. The third-order valence-corrected chi connectivity index (χ3v) is 5.01. The minimum absolute atomic E-state index is 0.103. The Bertz CT molecular complexity index is 777. The van der Waals surface area contributed by atoms with Crippen LogP contribution < -0.4 is 0 Å². The van der Waals surface area contributed by atoms with E-state index in [0.717, 1.165) is 0 Å². The van der Waals surface area contributed by atoms with Crippen molar-refractivity contribution in [3.63, 3.8) is 0 Å². The number of Topliss-reactive ketones (excluding diaryl/α,β-unsaturated/α-hetero) is 2. The van der Waals surface area contributed by atoms with Gasteiger partial charge >= 0.3 is 0 Å². The predicted molar refractivity (Wildman–Crippen MR) is 90.1 cm³/mol. The molecule has 1 aromatic rings. The molecule has 0 aromatic heterocycles. The summed E-state index contributed by atoms with van der Waals surface area (Å²) in [4.78, 5) is 37.6. The van der Waals surface area contributed by atoms with Gasteiger partial charge in [-0.15, -0.1) is 0 Å². The zero-order valence-electron chi connectivity index (χ0n) is 12.4. The van der Waals surface area contributed by atoms with Gasteiger partial charge in [0.25, 0.3) is 0 Å². The van der Waals surface area contributed by atoms with Gasteiger partial charge in [0.05, 0.1) is 0 Å².